The van der Waals surface area contributed by atoms with Crippen LogP contribution in [0.4, 0.5) is 0 Å². The average Bonchev–Trinajstić information content (AvgIpc) is 2.68. The van der Waals surface area contributed by atoms with Gasteiger partial charge in [-0.3, -0.25) is 4.79 Å². The molecule has 0 radical (unpaired) electrons. The smallest absolute Gasteiger partial charge is 0.240 e. The fourth-order valence-corrected chi connectivity index (χ4v) is 2.22. The molecule has 0 bridgehead atoms. The summed E-state index contributed by atoms with van der Waals surface area (Å²) in [6.07, 6.45) is 4.40. The van der Waals surface area contributed by atoms with Gasteiger partial charge in [0.15, 0.2) is 0 Å². The Bertz CT molecular complexity index is 190. The van der Waals surface area contributed by atoms with E-state index in [1.54, 1.807) is 0 Å². The number of nitrogens with zero attached hydrogens (tertiary/aromatic N) is 1. The van der Waals surface area contributed by atoms with Crippen molar-refractivity contribution in [2.24, 2.45) is 5.92 Å². The number of carbonyl (C=O) groups excluding carboxylic acids is 1. The molecule has 0 spiro atoms. The van der Waals surface area contributed by atoms with Gasteiger partial charge < -0.3 is 4.90 Å². The highest BCUT2D eigenvalue weighted by atomic mass is 35.5. The summed E-state index contributed by atoms with van der Waals surface area (Å²) in [4.78, 5) is 13.8. The molecule has 14 heavy (non-hydrogen) atoms. The Labute approximate surface area is 91.6 Å². The summed E-state index contributed by atoms with van der Waals surface area (Å²) in [6, 6.07) is 0. The molecule has 1 amide bonds. The number of carbonyl (C=O) groups is 1. The summed E-state index contributed by atoms with van der Waals surface area (Å²) in [5, 5.41) is -0.312. The summed E-state index contributed by atoms with van der Waals surface area (Å²) < 4.78 is 0. The van der Waals surface area contributed by atoms with Crippen molar-refractivity contribution in [2.45, 2.75) is 44.9 Å². The van der Waals surface area contributed by atoms with Crippen LogP contribution < -0.4 is 0 Å². The molecule has 1 fully saturated rings. The van der Waals surface area contributed by atoms with Crippen molar-refractivity contribution in [3.8, 4) is 0 Å². The van der Waals surface area contributed by atoms with Crippen LogP contribution in [0.3, 0.4) is 0 Å². The Balaban J connectivity index is 2.42. The van der Waals surface area contributed by atoms with E-state index in [9.17, 15) is 4.79 Å². The maximum Gasteiger partial charge on any atom is 0.240 e. The molecule has 82 valence electrons. The minimum absolute atomic E-state index is 0.144. The van der Waals surface area contributed by atoms with E-state index in [1.165, 1.54) is 0 Å². The highest BCUT2D eigenvalue weighted by Gasteiger charge is 2.28. The Kier molecular flexibility index (Phi) is 4.73. The van der Waals surface area contributed by atoms with Crippen LogP contribution in [0.2, 0.25) is 0 Å². The number of hydrogen-bond donors (Lipinski definition) is 0. The fourth-order valence-electron chi connectivity index (χ4n) is 1.96. The van der Waals surface area contributed by atoms with Gasteiger partial charge in [0.05, 0.1) is 0 Å². The van der Waals surface area contributed by atoms with Crippen molar-refractivity contribution in [1.29, 1.82) is 0 Å². The predicted octanol–water partition coefficient (Wildman–Crippen LogP) is 2.65. The van der Waals surface area contributed by atoms with Crippen LogP contribution >= 0.6 is 11.6 Å². The highest BCUT2D eigenvalue weighted by Crippen LogP contribution is 2.20. The number of likely N-dealkylation sites (tertiary alicyclic amines) is 1. The number of rotatable bonds is 4. The van der Waals surface area contributed by atoms with Gasteiger partial charge in [-0.25, -0.2) is 0 Å². The second-order valence-corrected chi connectivity index (χ2v) is 4.67. The number of halogens is 1. The number of amides is 1. The first kappa shape index (κ1) is 11.8. The van der Waals surface area contributed by atoms with Crippen molar-refractivity contribution >= 4 is 17.5 Å². The van der Waals surface area contributed by atoms with Crippen LogP contribution in [0.1, 0.15) is 39.5 Å². The second kappa shape index (κ2) is 5.59. The number of alkyl halides is 1. The molecule has 0 aromatic heterocycles. The van der Waals surface area contributed by atoms with Crippen molar-refractivity contribution in [2.75, 3.05) is 13.1 Å². The maximum absolute atomic E-state index is 11.9. The van der Waals surface area contributed by atoms with E-state index < -0.39 is 0 Å². The van der Waals surface area contributed by atoms with Crippen molar-refractivity contribution in [3.63, 3.8) is 0 Å². The molecule has 0 aliphatic carbocycles. The highest BCUT2D eigenvalue weighted by molar-refractivity contribution is 6.30. The Morgan fingerprint density at radius 1 is 1.43 bits per heavy atom. The summed E-state index contributed by atoms with van der Waals surface area (Å²) >= 11 is 6.15. The minimum atomic E-state index is -0.312. The molecule has 0 N–H and O–H groups in total. The van der Waals surface area contributed by atoms with E-state index in [4.69, 9.17) is 11.6 Å². The molecular weight excluding hydrogens is 198 g/mol. The molecule has 1 rings (SSSR count). The van der Waals surface area contributed by atoms with Crippen LogP contribution in [0.25, 0.3) is 0 Å². The molecule has 3 heteroatoms. The largest absolute Gasteiger partial charge is 0.341 e. The van der Waals surface area contributed by atoms with Gasteiger partial charge in [-0.2, -0.15) is 0 Å². The van der Waals surface area contributed by atoms with Gasteiger partial charge in [-0.1, -0.05) is 20.3 Å². The molecule has 2 nitrogen and oxygen atoms in total. The quantitative estimate of drug-likeness (QED) is 0.663. The van der Waals surface area contributed by atoms with E-state index in [1.807, 2.05) is 4.90 Å². The monoisotopic (exact) mass is 217 g/mol. The molecular formula is C11H20ClNO. The van der Waals surface area contributed by atoms with Crippen molar-refractivity contribution in [3.05, 3.63) is 0 Å². The zero-order valence-electron chi connectivity index (χ0n) is 9.13. The summed E-state index contributed by atoms with van der Waals surface area (Å²) in [5.41, 5.74) is 0. The van der Waals surface area contributed by atoms with Crippen molar-refractivity contribution in [1.82, 2.24) is 4.90 Å². The Morgan fingerprint density at radius 3 is 2.50 bits per heavy atom. The lowest BCUT2D eigenvalue weighted by atomic mass is 10.0. The van der Waals surface area contributed by atoms with Gasteiger partial charge >= 0.3 is 0 Å². The van der Waals surface area contributed by atoms with Gasteiger partial charge in [0, 0.05) is 13.1 Å². The third-order valence-electron chi connectivity index (χ3n) is 2.90. The van der Waals surface area contributed by atoms with Crippen LogP contribution in [0.15, 0.2) is 0 Å². The zero-order valence-corrected chi connectivity index (χ0v) is 9.89. The maximum atomic E-state index is 11.9. The normalized spacial score (nSPS) is 20.9. The van der Waals surface area contributed by atoms with Crippen LogP contribution in [-0.4, -0.2) is 29.3 Å². The van der Waals surface area contributed by atoms with E-state index in [0.29, 0.717) is 5.92 Å². The van der Waals surface area contributed by atoms with Gasteiger partial charge in [-0.15, -0.1) is 11.6 Å². The third kappa shape index (κ3) is 2.88. The first-order chi connectivity index (χ1) is 6.66. The van der Waals surface area contributed by atoms with Crippen molar-refractivity contribution < 1.29 is 4.79 Å². The summed E-state index contributed by atoms with van der Waals surface area (Å²) in [6.45, 7) is 6.00. The summed E-state index contributed by atoms with van der Waals surface area (Å²) in [5.74, 6) is 0.444. The van der Waals surface area contributed by atoms with Gasteiger partial charge in [-0.05, 0) is 25.2 Å². The Morgan fingerprint density at radius 2 is 2.00 bits per heavy atom. The Hall–Kier alpha value is -0.240. The first-order valence-corrected chi connectivity index (χ1v) is 6.03. The molecule has 1 heterocycles. The molecule has 1 aliphatic rings. The van der Waals surface area contributed by atoms with E-state index in [0.717, 1.165) is 38.8 Å². The van der Waals surface area contributed by atoms with Gasteiger partial charge in [0.1, 0.15) is 5.38 Å². The van der Waals surface area contributed by atoms with Crippen LogP contribution in [0, 0.1) is 5.92 Å². The average molecular weight is 218 g/mol. The lowest BCUT2D eigenvalue weighted by Gasteiger charge is -2.22. The lowest BCUT2D eigenvalue weighted by molar-refractivity contribution is -0.130. The fraction of sp³-hybridized carbons (Fsp3) is 0.909. The predicted molar refractivity (Wildman–Crippen MR) is 59.5 cm³/mol. The standard InChI is InChI=1S/C11H20ClNO/c1-3-6-9(2)10(12)11(14)13-7-4-5-8-13/h9-10H,3-8H2,1-2H3. The second-order valence-electron chi connectivity index (χ2n) is 4.20. The zero-order chi connectivity index (χ0) is 10.6. The molecule has 1 saturated heterocycles. The topological polar surface area (TPSA) is 20.3 Å². The molecule has 1 aliphatic heterocycles. The first-order valence-electron chi connectivity index (χ1n) is 5.59. The van der Waals surface area contributed by atoms with Crippen LogP contribution in [0.5, 0.6) is 0 Å². The SMILES string of the molecule is CCCC(C)C(Cl)C(=O)N1CCCC1. The van der Waals surface area contributed by atoms with E-state index in [2.05, 4.69) is 13.8 Å². The molecule has 0 aromatic carbocycles. The molecule has 0 saturated carbocycles. The number of hydrogen-bond acceptors (Lipinski definition) is 1. The lowest BCUT2D eigenvalue weighted by Crippen LogP contribution is -2.37. The molecule has 0 aromatic rings. The van der Waals surface area contributed by atoms with E-state index in [-0.39, 0.29) is 11.3 Å². The van der Waals surface area contributed by atoms with Gasteiger partial charge in [0.25, 0.3) is 0 Å². The third-order valence-corrected chi connectivity index (χ3v) is 3.51. The molecule has 2 atom stereocenters. The minimum Gasteiger partial charge on any atom is -0.341 e. The summed E-state index contributed by atoms with van der Waals surface area (Å²) in [7, 11) is 0. The van der Waals surface area contributed by atoms with E-state index >= 15 is 0 Å². The van der Waals surface area contributed by atoms with Crippen LogP contribution in [-0.2, 0) is 4.79 Å². The van der Waals surface area contributed by atoms with Gasteiger partial charge in [0.2, 0.25) is 5.91 Å². The molecule has 2 unspecified atom stereocenters.